The highest BCUT2D eigenvalue weighted by Crippen LogP contribution is 2.21. The summed E-state index contributed by atoms with van der Waals surface area (Å²) in [6, 6.07) is 13.9. The van der Waals surface area contributed by atoms with Crippen molar-refractivity contribution in [2.75, 3.05) is 303 Å². The van der Waals surface area contributed by atoms with Crippen molar-refractivity contribution in [3.05, 3.63) is 91.8 Å². The van der Waals surface area contributed by atoms with Crippen LogP contribution in [0.25, 0.3) is 22.3 Å². The number of nitrogen functional groups attached to an aromatic ring is 2. The monoisotopic (exact) mass is 1550 g/mol. The fraction of sp³-hybridized carbons (Fsp3) is 0.662. The molecule has 0 aliphatic carbocycles. The lowest BCUT2D eigenvalue weighted by molar-refractivity contribution is -0.0310. The zero-order chi connectivity index (χ0) is 77.1. The number of rotatable bonds is 72. The van der Waals surface area contributed by atoms with Crippen LogP contribution in [0.15, 0.2) is 58.1 Å². The SMILES string of the molecule is COCCOc1nc(N)c2[nH]c(=O)n(Cc3ccc(C(=O)NCCCOCCOCCOCCOCCOCCOCCOCCOCCOCCOCCOCCOCCOCCOCCOCCOCCOCCOCCNC(=O)c4ccc(Cn5c(=O)[nH]c6c(N)nc(OCCOC)nc65)cc4)cc3)c2n1. The molecule has 2 amide bonds. The number of nitrogens with two attached hydrogens (primary N) is 2. The molecule has 2 aromatic carbocycles. The summed E-state index contributed by atoms with van der Waals surface area (Å²) in [5.41, 5.74) is 15.0. The number of hydrogen-bond acceptors (Lipinski definition) is 32. The summed E-state index contributed by atoms with van der Waals surface area (Å²) in [7, 11) is 3.10. The zero-order valence-electron chi connectivity index (χ0n) is 62.9. The van der Waals surface area contributed by atoms with E-state index in [1.54, 1.807) is 62.8 Å². The van der Waals surface area contributed by atoms with Gasteiger partial charge in [-0.2, -0.15) is 19.9 Å². The average molecular weight is 1550 g/mol. The van der Waals surface area contributed by atoms with Gasteiger partial charge in [0.15, 0.2) is 22.9 Å². The first-order chi connectivity index (χ1) is 53.6. The van der Waals surface area contributed by atoms with E-state index in [4.69, 9.17) is 116 Å². The number of carbonyl (C=O) groups is 2. The van der Waals surface area contributed by atoms with Crippen LogP contribution in [-0.4, -0.2) is 342 Å². The number of nitrogens with zero attached hydrogens (tertiary/aromatic N) is 6. The second kappa shape index (κ2) is 59.3. The number of benzene rings is 2. The van der Waals surface area contributed by atoms with Crippen LogP contribution in [0.1, 0.15) is 38.3 Å². The van der Waals surface area contributed by atoms with Gasteiger partial charge in [0, 0.05) is 45.0 Å². The van der Waals surface area contributed by atoms with E-state index in [9.17, 15) is 19.2 Å². The summed E-state index contributed by atoms with van der Waals surface area (Å²) < 4.78 is 124. The third-order valence-corrected chi connectivity index (χ3v) is 15.0. The van der Waals surface area contributed by atoms with Crippen molar-refractivity contribution in [3.8, 4) is 12.0 Å². The Morgan fingerprint density at radius 2 is 0.578 bits per heavy atom. The van der Waals surface area contributed by atoms with Gasteiger partial charge in [0.2, 0.25) is 0 Å². The van der Waals surface area contributed by atoms with Gasteiger partial charge in [-0.05, 0) is 41.8 Å². The molecule has 0 bridgehead atoms. The number of ether oxygens (including phenoxy) is 22. The lowest BCUT2D eigenvalue weighted by Crippen LogP contribution is -2.27. The summed E-state index contributed by atoms with van der Waals surface area (Å²) in [5.74, 6) is -0.279. The van der Waals surface area contributed by atoms with Gasteiger partial charge in [0.05, 0.1) is 258 Å². The van der Waals surface area contributed by atoms with Crippen LogP contribution in [-0.2, 0) is 108 Å². The molecule has 0 fully saturated rings. The fourth-order valence-corrected chi connectivity index (χ4v) is 9.46. The topological polar surface area (TPSA) is 440 Å². The number of fused-ring (bicyclic) bond motifs is 2. The third-order valence-electron chi connectivity index (χ3n) is 15.0. The van der Waals surface area contributed by atoms with Crippen LogP contribution in [0.3, 0.4) is 0 Å². The molecule has 4 aromatic heterocycles. The molecule has 0 saturated carbocycles. The van der Waals surface area contributed by atoms with E-state index in [1.807, 2.05) is 0 Å². The van der Waals surface area contributed by atoms with Crippen LogP contribution in [0, 0.1) is 0 Å². The molecule has 612 valence electrons. The number of carbonyl (C=O) groups excluding carboxylic acids is 2. The van der Waals surface area contributed by atoms with Gasteiger partial charge >= 0.3 is 23.4 Å². The van der Waals surface area contributed by atoms with E-state index in [-0.39, 0.29) is 61.8 Å². The van der Waals surface area contributed by atoms with Crippen molar-refractivity contribution in [1.29, 1.82) is 0 Å². The molecule has 38 heteroatoms. The van der Waals surface area contributed by atoms with Crippen molar-refractivity contribution >= 4 is 45.8 Å². The minimum atomic E-state index is -0.404. The number of nitrogens with one attached hydrogen (secondary N) is 4. The smallest absolute Gasteiger partial charge is 0.328 e. The lowest BCUT2D eigenvalue weighted by Gasteiger charge is -2.09. The van der Waals surface area contributed by atoms with Crippen LogP contribution in [0.5, 0.6) is 12.0 Å². The van der Waals surface area contributed by atoms with Crippen molar-refractivity contribution in [2.24, 2.45) is 0 Å². The Balaban J connectivity index is 0.558. The number of amides is 2. The Hall–Kier alpha value is -7.52. The molecule has 0 aliphatic rings. The highest BCUT2D eigenvalue weighted by molar-refractivity contribution is 5.94. The number of imidazole rings is 2. The largest absolute Gasteiger partial charge is 0.461 e. The highest BCUT2D eigenvalue weighted by Gasteiger charge is 2.18. The number of hydrogen-bond donors (Lipinski definition) is 6. The molecule has 0 atom stereocenters. The molecular formula is C71H112N12O26. The first-order valence-electron chi connectivity index (χ1n) is 36.5. The standard InChI is InChI=1S/C71H112N12O26/c1-88-16-52-108-68-78-62(72)60-64(80-68)82(70(86)76-60)54-56-4-8-58(9-5-56)66(84)74-12-3-14-90-18-20-92-22-24-94-26-28-96-30-32-98-34-36-100-38-40-102-42-44-104-46-48-106-50-51-107-49-47-105-45-43-103-41-39-101-37-35-99-33-31-97-29-27-95-25-23-93-21-19-91-15-13-75-67(85)59-10-6-57(7-11-59)55-83-65-61(77-71(83)87)63(73)79-69(81-65)109-53-17-89-2/h4-11H,3,12-55H2,1-2H3,(H,74,84)(H,75,85)(H,76,86)(H,77,87)(H2,72,78,80)(H2,73,79,81). The Morgan fingerprint density at radius 1 is 0.330 bits per heavy atom. The minimum absolute atomic E-state index is 0.0367. The molecule has 6 rings (SSSR count). The second-order valence-electron chi connectivity index (χ2n) is 23.2. The maximum absolute atomic E-state index is 12.7. The fourth-order valence-electron chi connectivity index (χ4n) is 9.46. The number of anilines is 2. The number of H-pyrrole nitrogens is 2. The second-order valence-corrected chi connectivity index (χ2v) is 23.2. The predicted octanol–water partition coefficient (Wildman–Crippen LogP) is 0.713. The lowest BCUT2D eigenvalue weighted by atomic mass is 10.1. The van der Waals surface area contributed by atoms with Crippen LogP contribution in [0.2, 0.25) is 0 Å². The van der Waals surface area contributed by atoms with E-state index < -0.39 is 11.4 Å². The Morgan fingerprint density at radius 3 is 0.844 bits per heavy atom. The Labute approximate surface area is 633 Å². The van der Waals surface area contributed by atoms with Crippen LogP contribution < -0.4 is 43.0 Å². The number of aromatic amines is 2. The number of aromatic nitrogens is 8. The van der Waals surface area contributed by atoms with Crippen LogP contribution in [0.4, 0.5) is 11.6 Å². The third kappa shape index (κ3) is 39.8. The van der Waals surface area contributed by atoms with Crippen molar-refractivity contribution < 1.29 is 114 Å². The normalized spacial score (nSPS) is 11.6. The summed E-state index contributed by atoms with van der Waals surface area (Å²) in [6.07, 6.45) is 0.635. The molecule has 0 saturated heterocycles. The molecule has 0 spiro atoms. The minimum Gasteiger partial charge on any atom is -0.461 e. The molecule has 109 heavy (non-hydrogen) atoms. The Kier molecular flexibility index (Phi) is 49.2. The average Bonchev–Trinajstić information content (AvgIpc) is 1.65. The molecule has 0 radical (unpaired) electrons. The van der Waals surface area contributed by atoms with Gasteiger partial charge in [0.1, 0.15) is 24.2 Å². The molecule has 38 nitrogen and oxygen atoms in total. The van der Waals surface area contributed by atoms with Gasteiger partial charge in [-0.1, -0.05) is 24.3 Å². The first kappa shape index (κ1) is 90.4. The molecule has 6 aromatic rings. The summed E-state index contributed by atoms with van der Waals surface area (Å²) in [5, 5.41) is 5.72. The van der Waals surface area contributed by atoms with Gasteiger partial charge in [-0.3, -0.25) is 18.7 Å². The number of methoxy groups -OCH3 is 2. The predicted molar refractivity (Wildman–Crippen MR) is 395 cm³/mol. The highest BCUT2D eigenvalue weighted by atomic mass is 16.6. The van der Waals surface area contributed by atoms with Gasteiger partial charge in [-0.25, -0.2) is 9.59 Å². The maximum Gasteiger partial charge on any atom is 0.328 e. The first-order valence-corrected chi connectivity index (χ1v) is 36.5. The molecule has 4 heterocycles. The zero-order valence-corrected chi connectivity index (χ0v) is 62.9. The Bertz CT molecular complexity index is 3220. The van der Waals surface area contributed by atoms with E-state index in [1.165, 1.54) is 9.13 Å². The molecule has 0 aliphatic heterocycles. The summed E-state index contributed by atoms with van der Waals surface area (Å²) >= 11 is 0. The maximum atomic E-state index is 12.7. The van der Waals surface area contributed by atoms with Gasteiger partial charge in [-0.15, -0.1) is 0 Å². The summed E-state index contributed by atoms with van der Waals surface area (Å²) in [6.45, 7) is 18.2. The van der Waals surface area contributed by atoms with E-state index >= 15 is 0 Å². The van der Waals surface area contributed by atoms with Gasteiger partial charge in [0.25, 0.3) is 11.8 Å². The van der Waals surface area contributed by atoms with Crippen LogP contribution >= 0.6 is 0 Å². The van der Waals surface area contributed by atoms with Crippen molar-refractivity contribution in [1.82, 2.24) is 49.7 Å². The molecule has 0 unspecified atom stereocenters. The quantitative estimate of drug-likeness (QED) is 0.0286. The van der Waals surface area contributed by atoms with E-state index in [0.717, 1.165) is 11.1 Å². The van der Waals surface area contributed by atoms with Crippen molar-refractivity contribution in [3.63, 3.8) is 0 Å². The van der Waals surface area contributed by atoms with E-state index in [2.05, 4.69) is 40.5 Å². The van der Waals surface area contributed by atoms with Crippen molar-refractivity contribution in [2.45, 2.75) is 19.5 Å². The summed E-state index contributed by atoms with van der Waals surface area (Å²) in [4.78, 5) is 73.1. The van der Waals surface area contributed by atoms with E-state index in [0.29, 0.717) is 304 Å². The molecular weight excluding hydrogens is 1440 g/mol. The molecule has 8 N–H and O–H groups in total. The van der Waals surface area contributed by atoms with Gasteiger partial charge < -0.3 is 136 Å².